The van der Waals surface area contributed by atoms with Crippen LogP contribution in [0.4, 0.5) is 4.39 Å². The standard InChI is InChI=1S/C15H24FNO/c1-5-18-10-15(11(2)3)17-9-13-7-6-12(4)14(16)8-13/h6-8,11,15,17H,5,9-10H2,1-4H3. The molecule has 0 radical (unpaired) electrons. The molecule has 0 aliphatic heterocycles. The van der Waals surface area contributed by atoms with E-state index in [9.17, 15) is 4.39 Å². The molecule has 1 atom stereocenters. The van der Waals surface area contributed by atoms with E-state index >= 15 is 0 Å². The molecule has 0 fully saturated rings. The van der Waals surface area contributed by atoms with Gasteiger partial charge in [-0.3, -0.25) is 0 Å². The molecule has 1 unspecified atom stereocenters. The molecule has 1 N–H and O–H groups in total. The zero-order valence-corrected chi connectivity index (χ0v) is 11.8. The van der Waals surface area contributed by atoms with Gasteiger partial charge in [-0.2, -0.15) is 0 Å². The van der Waals surface area contributed by atoms with Crippen molar-refractivity contribution in [3.63, 3.8) is 0 Å². The maximum absolute atomic E-state index is 13.4. The Morgan fingerprint density at radius 2 is 2.06 bits per heavy atom. The normalized spacial score (nSPS) is 13.0. The Balaban J connectivity index is 2.52. The van der Waals surface area contributed by atoms with Gasteiger partial charge in [0.1, 0.15) is 5.82 Å². The molecular weight excluding hydrogens is 229 g/mol. The van der Waals surface area contributed by atoms with Crippen molar-refractivity contribution in [3.8, 4) is 0 Å². The molecule has 0 bridgehead atoms. The van der Waals surface area contributed by atoms with E-state index in [4.69, 9.17) is 4.74 Å². The third-order valence-corrected chi connectivity index (χ3v) is 3.11. The molecule has 1 aromatic rings. The van der Waals surface area contributed by atoms with Crippen LogP contribution in [0.1, 0.15) is 31.9 Å². The number of aryl methyl sites for hydroxylation is 1. The largest absolute Gasteiger partial charge is 0.380 e. The summed E-state index contributed by atoms with van der Waals surface area (Å²) in [5, 5.41) is 3.43. The first-order chi connectivity index (χ1) is 8.54. The van der Waals surface area contributed by atoms with Crippen LogP contribution < -0.4 is 5.32 Å². The van der Waals surface area contributed by atoms with Crippen molar-refractivity contribution in [1.82, 2.24) is 5.32 Å². The summed E-state index contributed by atoms with van der Waals surface area (Å²) < 4.78 is 18.9. The van der Waals surface area contributed by atoms with Crippen molar-refractivity contribution in [2.24, 2.45) is 5.92 Å². The highest BCUT2D eigenvalue weighted by molar-refractivity contribution is 5.23. The molecule has 0 spiro atoms. The monoisotopic (exact) mass is 253 g/mol. The number of nitrogens with one attached hydrogen (secondary N) is 1. The molecule has 2 nitrogen and oxygen atoms in total. The molecule has 1 rings (SSSR count). The first-order valence-corrected chi connectivity index (χ1v) is 6.60. The topological polar surface area (TPSA) is 21.3 Å². The van der Waals surface area contributed by atoms with E-state index in [2.05, 4.69) is 19.2 Å². The molecule has 0 aromatic heterocycles. The van der Waals surface area contributed by atoms with E-state index in [1.165, 1.54) is 0 Å². The molecule has 0 amide bonds. The fourth-order valence-corrected chi connectivity index (χ4v) is 1.73. The second kappa shape index (κ2) is 7.49. The van der Waals surface area contributed by atoms with Crippen LogP contribution in [0.3, 0.4) is 0 Å². The summed E-state index contributed by atoms with van der Waals surface area (Å²) in [6.07, 6.45) is 0. The van der Waals surface area contributed by atoms with Crippen LogP contribution in [0.5, 0.6) is 0 Å². The van der Waals surface area contributed by atoms with Gasteiger partial charge in [-0.05, 0) is 37.0 Å². The fourth-order valence-electron chi connectivity index (χ4n) is 1.73. The van der Waals surface area contributed by atoms with Crippen LogP contribution in [0, 0.1) is 18.7 Å². The minimum absolute atomic E-state index is 0.139. The molecule has 1 aromatic carbocycles. The lowest BCUT2D eigenvalue weighted by molar-refractivity contribution is 0.108. The van der Waals surface area contributed by atoms with Gasteiger partial charge in [0.15, 0.2) is 0 Å². The smallest absolute Gasteiger partial charge is 0.126 e. The van der Waals surface area contributed by atoms with Gasteiger partial charge >= 0.3 is 0 Å². The zero-order chi connectivity index (χ0) is 13.5. The van der Waals surface area contributed by atoms with E-state index in [1.807, 2.05) is 19.1 Å². The lowest BCUT2D eigenvalue weighted by Gasteiger charge is -2.22. The second-order valence-corrected chi connectivity index (χ2v) is 4.97. The number of rotatable bonds is 7. The molecule has 0 aliphatic carbocycles. The number of hydrogen-bond acceptors (Lipinski definition) is 2. The number of ether oxygens (including phenoxy) is 1. The van der Waals surface area contributed by atoms with Crippen LogP contribution in [0.15, 0.2) is 18.2 Å². The lowest BCUT2D eigenvalue weighted by Crippen LogP contribution is -2.37. The quantitative estimate of drug-likeness (QED) is 0.805. The summed E-state index contributed by atoms with van der Waals surface area (Å²) in [7, 11) is 0. The average Bonchev–Trinajstić information content (AvgIpc) is 2.33. The van der Waals surface area contributed by atoms with Crippen molar-refractivity contribution >= 4 is 0 Å². The molecule has 102 valence electrons. The summed E-state index contributed by atoms with van der Waals surface area (Å²) in [6, 6.07) is 5.68. The zero-order valence-electron chi connectivity index (χ0n) is 11.8. The summed E-state index contributed by atoms with van der Waals surface area (Å²) in [6.45, 7) is 10.2. The number of halogens is 1. The van der Waals surface area contributed by atoms with Crippen molar-refractivity contribution in [3.05, 3.63) is 35.1 Å². The second-order valence-electron chi connectivity index (χ2n) is 4.97. The van der Waals surface area contributed by atoms with E-state index in [0.717, 1.165) is 12.2 Å². The molecule has 0 heterocycles. The summed E-state index contributed by atoms with van der Waals surface area (Å²) in [5.41, 5.74) is 1.66. The van der Waals surface area contributed by atoms with Crippen LogP contribution in [0.2, 0.25) is 0 Å². The summed E-state index contributed by atoms with van der Waals surface area (Å²) in [5.74, 6) is 0.354. The van der Waals surface area contributed by atoms with Crippen LogP contribution in [-0.2, 0) is 11.3 Å². The van der Waals surface area contributed by atoms with Gasteiger partial charge in [0.25, 0.3) is 0 Å². The van der Waals surface area contributed by atoms with Crippen molar-refractivity contribution in [2.75, 3.05) is 13.2 Å². The lowest BCUT2D eigenvalue weighted by atomic mass is 10.0. The van der Waals surface area contributed by atoms with Gasteiger partial charge in [-0.1, -0.05) is 26.0 Å². The third kappa shape index (κ3) is 4.75. The predicted molar refractivity (Wildman–Crippen MR) is 73.1 cm³/mol. The predicted octanol–water partition coefficient (Wildman–Crippen LogP) is 3.28. The van der Waals surface area contributed by atoms with E-state index in [0.29, 0.717) is 30.7 Å². The summed E-state index contributed by atoms with van der Waals surface area (Å²) >= 11 is 0. The highest BCUT2D eigenvalue weighted by Gasteiger charge is 2.12. The number of benzene rings is 1. The Bertz CT molecular complexity index is 366. The molecule has 3 heteroatoms. The van der Waals surface area contributed by atoms with Gasteiger partial charge in [-0.25, -0.2) is 4.39 Å². The first kappa shape index (κ1) is 15.1. The van der Waals surface area contributed by atoms with Crippen molar-refractivity contribution in [2.45, 2.75) is 40.3 Å². The van der Waals surface area contributed by atoms with E-state index < -0.39 is 0 Å². The van der Waals surface area contributed by atoms with Crippen molar-refractivity contribution < 1.29 is 9.13 Å². The minimum atomic E-state index is -0.139. The molecular formula is C15H24FNO. The van der Waals surface area contributed by atoms with Gasteiger partial charge in [0, 0.05) is 19.2 Å². The highest BCUT2D eigenvalue weighted by Crippen LogP contribution is 2.10. The van der Waals surface area contributed by atoms with E-state index in [-0.39, 0.29) is 5.82 Å². The van der Waals surface area contributed by atoms with Gasteiger partial charge in [0.2, 0.25) is 0 Å². The molecule has 0 aliphatic rings. The Morgan fingerprint density at radius 3 is 2.61 bits per heavy atom. The minimum Gasteiger partial charge on any atom is -0.380 e. The summed E-state index contributed by atoms with van der Waals surface area (Å²) in [4.78, 5) is 0. The molecule has 18 heavy (non-hydrogen) atoms. The van der Waals surface area contributed by atoms with Gasteiger partial charge < -0.3 is 10.1 Å². The molecule has 0 saturated heterocycles. The van der Waals surface area contributed by atoms with Gasteiger partial charge in [-0.15, -0.1) is 0 Å². The Kier molecular flexibility index (Phi) is 6.30. The maximum Gasteiger partial charge on any atom is 0.126 e. The maximum atomic E-state index is 13.4. The van der Waals surface area contributed by atoms with E-state index in [1.54, 1.807) is 13.0 Å². The number of hydrogen-bond donors (Lipinski definition) is 1. The Labute approximate surface area is 110 Å². The third-order valence-electron chi connectivity index (χ3n) is 3.11. The first-order valence-electron chi connectivity index (χ1n) is 6.60. The van der Waals surface area contributed by atoms with Crippen LogP contribution in [0.25, 0.3) is 0 Å². The average molecular weight is 253 g/mol. The highest BCUT2D eigenvalue weighted by atomic mass is 19.1. The van der Waals surface area contributed by atoms with Crippen LogP contribution in [-0.4, -0.2) is 19.3 Å². The van der Waals surface area contributed by atoms with Gasteiger partial charge in [0.05, 0.1) is 6.61 Å². The Hall–Kier alpha value is -0.930. The molecule has 0 saturated carbocycles. The fraction of sp³-hybridized carbons (Fsp3) is 0.600. The SMILES string of the molecule is CCOCC(NCc1ccc(C)c(F)c1)C(C)C. The van der Waals surface area contributed by atoms with Crippen LogP contribution >= 0.6 is 0 Å². The Morgan fingerprint density at radius 1 is 1.33 bits per heavy atom. The van der Waals surface area contributed by atoms with Crippen molar-refractivity contribution in [1.29, 1.82) is 0 Å².